The SMILES string of the molecule is CC1(C)CCC(OC(=O)C(C)(C)Cl)CC1. The van der Waals surface area contributed by atoms with Gasteiger partial charge in [-0.25, -0.2) is 0 Å². The van der Waals surface area contributed by atoms with Gasteiger partial charge < -0.3 is 4.74 Å². The van der Waals surface area contributed by atoms with Crippen molar-refractivity contribution in [3.8, 4) is 0 Å². The summed E-state index contributed by atoms with van der Waals surface area (Å²) in [6.07, 6.45) is 4.24. The Morgan fingerprint density at radius 3 is 2.20 bits per heavy atom. The molecule has 1 aliphatic carbocycles. The third kappa shape index (κ3) is 4.02. The average Bonchev–Trinajstić information content (AvgIpc) is 2.07. The molecule has 1 aliphatic rings. The number of alkyl halides is 1. The molecule has 0 amide bonds. The summed E-state index contributed by atoms with van der Waals surface area (Å²) in [7, 11) is 0. The first-order chi connectivity index (χ1) is 6.71. The third-order valence-electron chi connectivity index (χ3n) is 3.05. The number of esters is 1. The van der Waals surface area contributed by atoms with Gasteiger partial charge >= 0.3 is 5.97 Å². The molecule has 0 aromatic heterocycles. The molecule has 0 aliphatic heterocycles. The van der Waals surface area contributed by atoms with Crippen LogP contribution in [0.5, 0.6) is 0 Å². The minimum atomic E-state index is -0.896. The Morgan fingerprint density at radius 1 is 1.33 bits per heavy atom. The number of hydrogen-bond donors (Lipinski definition) is 0. The Bertz CT molecular complexity index is 230. The quantitative estimate of drug-likeness (QED) is 0.538. The molecule has 3 heteroatoms. The van der Waals surface area contributed by atoms with E-state index in [0.717, 1.165) is 25.7 Å². The molecular formula is C12H21ClO2. The molecule has 1 fully saturated rings. The van der Waals surface area contributed by atoms with Gasteiger partial charge in [-0.05, 0) is 44.9 Å². The minimum absolute atomic E-state index is 0.0727. The van der Waals surface area contributed by atoms with Crippen molar-refractivity contribution in [1.82, 2.24) is 0 Å². The molecule has 2 nitrogen and oxygen atoms in total. The van der Waals surface area contributed by atoms with Crippen LogP contribution in [0.2, 0.25) is 0 Å². The van der Waals surface area contributed by atoms with Crippen LogP contribution in [0.3, 0.4) is 0 Å². The van der Waals surface area contributed by atoms with Gasteiger partial charge in [-0.15, -0.1) is 11.6 Å². The van der Waals surface area contributed by atoms with E-state index >= 15 is 0 Å². The Morgan fingerprint density at radius 2 is 1.80 bits per heavy atom. The van der Waals surface area contributed by atoms with Crippen molar-refractivity contribution in [2.45, 2.75) is 64.4 Å². The number of hydrogen-bond acceptors (Lipinski definition) is 2. The number of carbonyl (C=O) groups is 1. The maximum absolute atomic E-state index is 11.5. The van der Waals surface area contributed by atoms with Gasteiger partial charge in [0, 0.05) is 0 Å². The second kappa shape index (κ2) is 4.32. The van der Waals surface area contributed by atoms with Crippen LogP contribution in [0.4, 0.5) is 0 Å². The fraction of sp³-hybridized carbons (Fsp3) is 0.917. The summed E-state index contributed by atoms with van der Waals surface area (Å²) >= 11 is 5.88. The Balaban J connectivity index is 2.40. The minimum Gasteiger partial charge on any atom is -0.461 e. The monoisotopic (exact) mass is 232 g/mol. The predicted octanol–water partition coefficient (Wildman–Crippen LogP) is 3.52. The van der Waals surface area contributed by atoms with Crippen molar-refractivity contribution in [2.75, 3.05) is 0 Å². The molecule has 0 N–H and O–H groups in total. The van der Waals surface area contributed by atoms with E-state index in [9.17, 15) is 4.79 Å². The van der Waals surface area contributed by atoms with Crippen LogP contribution in [-0.4, -0.2) is 16.9 Å². The zero-order valence-electron chi connectivity index (χ0n) is 10.1. The Hall–Kier alpha value is -0.240. The smallest absolute Gasteiger partial charge is 0.326 e. The normalized spacial score (nSPS) is 22.5. The van der Waals surface area contributed by atoms with Crippen LogP contribution in [-0.2, 0) is 9.53 Å². The fourth-order valence-electron chi connectivity index (χ4n) is 1.78. The topological polar surface area (TPSA) is 26.3 Å². The highest BCUT2D eigenvalue weighted by molar-refractivity contribution is 6.33. The van der Waals surface area contributed by atoms with Gasteiger partial charge in [0.25, 0.3) is 0 Å². The van der Waals surface area contributed by atoms with Crippen molar-refractivity contribution in [3.05, 3.63) is 0 Å². The summed E-state index contributed by atoms with van der Waals surface area (Å²) in [6, 6.07) is 0. The number of ether oxygens (including phenoxy) is 1. The maximum Gasteiger partial charge on any atom is 0.326 e. The van der Waals surface area contributed by atoms with Gasteiger partial charge in [0.05, 0.1) is 0 Å². The van der Waals surface area contributed by atoms with Crippen LogP contribution < -0.4 is 0 Å². The fourth-order valence-corrected chi connectivity index (χ4v) is 1.83. The standard InChI is InChI=1S/C12H21ClO2/c1-11(2)7-5-9(6-8-11)15-10(14)12(3,4)13/h9H,5-8H2,1-4H3. The second-order valence-corrected chi connectivity index (χ2v) is 6.69. The third-order valence-corrected chi connectivity index (χ3v) is 3.20. The number of halogens is 1. The number of carbonyl (C=O) groups excluding carboxylic acids is 1. The molecule has 0 spiro atoms. The van der Waals surface area contributed by atoms with Crippen LogP contribution in [0.25, 0.3) is 0 Å². The highest BCUT2D eigenvalue weighted by atomic mass is 35.5. The lowest BCUT2D eigenvalue weighted by Gasteiger charge is -2.34. The predicted molar refractivity (Wildman–Crippen MR) is 62.1 cm³/mol. The molecule has 88 valence electrons. The maximum atomic E-state index is 11.5. The lowest BCUT2D eigenvalue weighted by atomic mass is 9.76. The van der Waals surface area contributed by atoms with Gasteiger partial charge in [-0.3, -0.25) is 4.79 Å². The van der Waals surface area contributed by atoms with E-state index in [1.54, 1.807) is 13.8 Å². The van der Waals surface area contributed by atoms with E-state index in [0.29, 0.717) is 5.41 Å². The highest BCUT2D eigenvalue weighted by Crippen LogP contribution is 2.36. The van der Waals surface area contributed by atoms with Gasteiger partial charge in [0.2, 0.25) is 0 Å². The van der Waals surface area contributed by atoms with Crippen LogP contribution in [0.15, 0.2) is 0 Å². The van der Waals surface area contributed by atoms with Crippen molar-refractivity contribution in [2.24, 2.45) is 5.41 Å². The van der Waals surface area contributed by atoms with Crippen molar-refractivity contribution < 1.29 is 9.53 Å². The second-order valence-electron chi connectivity index (χ2n) is 5.74. The summed E-state index contributed by atoms with van der Waals surface area (Å²) in [6.45, 7) is 7.86. The summed E-state index contributed by atoms with van der Waals surface area (Å²) in [5.41, 5.74) is 0.402. The molecule has 0 atom stereocenters. The van der Waals surface area contributed by atoms with Gasteiger partial charge in [0.15, 0.2) is 0 Å². The van der Waals surface area contributed by atoms with Crippen LogP contribution >= 0.6 is 11.6 Å². The van der Waals surface area contributed by atoms with Crippen molar-refractivity contribution in [3.63, 3.8) is 0 Å². The summed E-state index contributed by atoms with van der Waals surface area (Å²) in [4.78, 5) is 10.6. The molecular weight excluding hydrogens is 212 g/mol. The van der Waals surface area contributed by atoms with E-state index in [4.69, 9.17) is 16.3 Å². The van der Waals surface area contributed by atoms with Crippen LogP contribution in [0, 0.1) is 5.41 Å². The van der Waals surface area contributed by atoms with Gasteiger partial charge in [0.1, 0.15) is 11.0 Å². The van der Waals surface area contributed by atoms with Crippen LogP contribution in [0.1, 0.15) is 53.4 Å². The zero-order valence-corrected chi connectivity index (χ0v) is 10.9. The molecule has 0 bridgehead atoms. The molecule has 0 unspecified atom stereocenters. The molecule has 0 saturated heterocycles. The van der Waals surface area contributed by atoms with E-state index < -0.39 is 4.87 Å². The zero-order chi connectivity index (χ0) is 11.7. The molecule has 1 saturated carbocycles. The highest BCUT2D eigenvalue weighted by Gasteiger charge is 2.32. The first-order valence-corrected chi connectivity index (χ1v) is 5.98. The summed E-state index contributed by atoms with van der Waals surface area (Å²) in [5.74, 6) is -0.297. The molecule has 1 rings (SSSR count). The molecule has 0 heterocycles. The Labute approximate surface area is 97.3 Å². The largest absolute Gasteiger partial charge is 0.461 e. The first-order valence-electron chi connectivity index (χ1n) is 5.61. The summed E-state index contributed by atoms with van der Waals surface area (Å²) in [5, 5.41) is 0. The summed E-state index contributed by atoms with van der Waals surface area (Å²) < 4.78 is 5.38. The molecule has 0 radical (unpaired) electrons. The molecule has 15 heavy (non-hydrogen) atoms. The number of rotatable bonds is 2. The van der Waals surface area contributed by atoms with E-state index in [1.807, 2.05) is 0 Å². The van der Waals surface area contributed by atoms with E-state index in [2.05, 4.69) is 13.8 Å². The molecule has 0 aromatic rings. The van der Waals surface area contributed by atoms with E-state index in [-0.39, 0.29) is 12.1 Å². The Kier molecular flexibility index (Phi) is 3.70. The van der Waals surface area contributed by atoms with Gasteiger partial charge in [-0.2, -0.15) is 0 Å². The first kappa shape index (κ1) is 12.8. The van der Waals surface area contributed by atoms with E-state index in [1.165, 1.54) is 0 Å². The average molecular weight is 233 g/mol. The lowest BCUT2D eigenvalue weighted by molar-refractivity contribution is -0.154. The lowest BCUT2D eigenvalue weighted by Crippen LogP contribution is -2.34. The van der Waals surface area contributed by atoms with Crippen molar-refractivity contribution >= 4 is 17.6 Å². The van der Waals surface area contributed by atoms with Crippen molar-refractivity contribution in [1.29, 1.82) is 0 Å². The molecule has 0 aromatic carbocycles. The van der Waals surface area contributed by atoms with Gasteiger partial charge in [-0.1, -0.05) is 13.8 Å².